The topological polar surface area (TPSA) is 81.2 Å². The van der Waals surface area contributed by atoms with E-state index in [-0.39, 0.29) is 0 Å². The first-order valence-corrected chi connectivity index (χ1v) is 7.11. The van der Waals surface area contributed by atoms with E-state index >= 15 is 0 Å². The molecule has 1 aromatic carbocycles. The van der Waals surface area contributed by atoms with Crippen molar-refractivity contribution in [3.8, 4) is 5.75 Å². The van der Waals surface area contributed by atoms with Gasteiger partial charge in [0, 0.05) is 20.2 Å². The van der Waals surface area contributed by atoms with Crippen LogP contribution in [0.4, 0.5) is 11.8 Å². The summed E-state index contributed by atoms with van der Waals surface area (Å²) in [6.07, 6.45) is 2.47. The van der Waals surface area contributed by atoms with Crippen LogP contribution in [-0.4, -0.2) is 49.1 Å². The molecule has 7 heteroatoms. The molecule has 2 aromatic rings. The molecular weight excluding hydrogens is 282 g/mol. The zero-order valence-corrected chi connectivity index (χ0v) is 12.9. The highest BCUT2D eigenvalue weighted by atomic mass is 16.5. The number of nitrogens with zero attached hydrogens (tertiary/aromatic N) is 3. The Labute approximate surface area is 130 Å². The molecule has 7 nitrogen and oxygen atoms in total. The summed E-state index contributed by atoms with van der Waals surface area (Å²) in [4.78, 5) is 4.33. The fourth-order valence-corrected chi connectivity index (χ4v) is 1.89. The molecule has 0 aliphatic carbocycles. The first-order chi connectivity index (χ1) is 10.8. The molecule has 2 rings (SSSR count). The van der Waals surface area contributed by atoms with E-state index in [1.165, 1.54) is 5.56 Å². The highest BCUT2D eigenvalue weighted by Crippen LogP contribution is 2.13. The lowest BCUT2D eigenvalue weighted by atomic mass is 10.1. The fourth-order valence-electron chi connectivity index (χ4n) is 1.89. The van der Waals surface area contributed by atoms with Crippen LogP contribution in [0.3, 0.4) is 0 Å². The van der Waals surface area contributed by atoms with Crippen molar-refractivity contribution in [3.05, 3.63) is 36.0 Å². The molecule has 2 N–H and O–H groups in total. The summed E-state index contributed by atoms with van der Waals surface area (Å²) < 4.78 is 10.2. The quantitative estimate of drug-likeness (QED) is 0.681. The number of hydrogen-bond acceptors (Lipinski definition) is 7. The number of anilines is 2. The molecule has 0 radical (unpaired) electrons. The molecule has 0 fully saturated rings. The molecule has 1 heterocycles. The number of benzene rings is 1. The molecule has 0 amide bonds. The van der Waals surface area contributed by atoms with Crippen LogP contribution in [-0.2, 0) is 11.2 Å². The van der Waals surface area contributed by atoms with E-state index in [4.69, 9.17) is 9.47 Å². The van der Waals surface area contributed by atoms with Crippen molar-refractivity contribution < 1.29 is 9.47 Å². The number of aromatic nitrogens is 3. The Morgan fingerprint density at radius 1 is 1.14 bits per heavy atom. The maximum atomic E-state index is 5.21. The number of hydrogen-bond donors (Lipinski definition) is 2. The molecule has 118 valence electrons. The van der Waals surface area contributed by atoms with Gasteiger partial charge in [-0.3, -0.25) is 0 Å². The van der Waals surface area contributed by atoms with Gasteiger partial charge in [0.25, 0.3) is 0 Å². The van der Waals surface area contributed by atoms with Gasteiger partial charge in [0.2, 0.25) is 5.95 Å². The standard InChI is InChI=1S/C15H21N5O2/c1-21-9-8-17-15-19-14(11-18-20-15)16-7-6-12-4-3-5-13(10-12)22-2/h3-5,10-11H,6-9H2,1-2H3,(H2,16,17,19,20). The van der Waals surface area contributed by atoms with E-state index < -0.39 is 0 Å². The second-order valence-corrected chi connectivity index (χ2v) is 4.61. The smallest absolute Gasteiger partial charge is 0.244 e. The molecular formula is C15H21N5O2. The van der Waals surface area contributed by atoms with Gasteiger partial charge in [-0.05, 0) is 24.1 Å². The predicted octanol–water partition coefficient (Wildman–Crippen LogP) is 1.59. The van der Waals surface area contributed by atoms with Gasteiger partial charge in [-0.25, -0.2) is 0 Å². The van der Waals surface area contributed by atoms with Gasteiger partial charge >= 0.3 is 0 Å². The van der Waals surface area contributed by atoms with Crippen molar-refractivity contribution in [2.24, 2.45) is 0 Å². The Kier molecular flexibility index (Phi) is 6.38. The maximum Gasteiger partial charge on any atom is 0.244 e. The zero-order valence-electron chi connectivity index (χ0n) is 12.9. The summed E-state index contributed by atoms with van der Waals surface area (Å²) in [5, 5.41) is 14.1. The summed E-state index contributed by atoms with van der Waals surface area (Å²) in [7, 11) is 3.32. The molecule has 0 saturated heterocycles. The van der Waals surface area contributed by atoms with E-state index in [0.717, 1.165) is 18.7 Å². The summed E-state index contributed by atoms with van der Waals surface area (Å²) >= 11 is 0. The van der Waals surface area contributed by atoms with Crippen LogP contribution in [0.1, 0.15) is 5.56 Å². The Morgan fingerprint density at radius 2 is 2.05 bits per heavy atom. The predicted molar refractivity (Wildman–Crippen MR) is 85.4 cm³/mol. The second kappa shape index (κ2) is 8.78. The minimum absolute atomic E-state index is 0.489. The first-order valence-electron chi connectivity index (χ1n) is 7.11. The summed E-state index contributed by atoms with van der Waals surface area (Å²) in [6.45, 7) is 1.99. The van der Waals surface area contributed by atoms with Gasteiger partial charge in [-0.2, -0.15) is 10.1 Å². The molecule has 0 aliphatic rings. The van der Waals surface area contributed by atoms with E-state index in [2.05, 4.69) is 31.9 Å². The van der Waals surface area contributed by atoms with E-state index in [0.29, 0.717) is 24.9 Å². The largest absolute Gasteiger partial charge is 0.497 e. The summed E-state index contributed by atoms with van der Waals surface area (Å²) in [5.74, 6) is 2.05. The van der Waals surface area contributed by atoms with Crippen molar-refractivity contribution >= 4 is 11.8 Å². The number of nitrogens with one attached hydrogen (secondary N) is 2. The molecule has 0 bridgehead atoms. The van der Waals surface area contributed by atoms with Crippen LogP contribution in [0.2, 0.25) is 0 Å². The van der Waals surface area contributed by atoms with Crippen molar-refractivity contribution in [1.29, 1.82) is 0 Å². The molecule has 0 spiro atoms. The summed E-state index contributed by atoms with van der Waals surface area (Å²) in [5.41, 5.74) is 1.20. The van der Waals surface area contributed by atoms with E-state index in [1.54, 1.807) is 20.4 Å². The van der Waals surface area contributed by atoms with Crippen molar-refractivity contribution in [2.75, 3.05) is 44.5 Å². The average Bonchev–Trinajstić information content (AvgIpc) is 2.56. The van der Waals surface area contributed by atoms with Gasteiger partial charge in [0.15, 0.2) is 5.82 Å². The zero-order chi connectivity index (χ0) is 15.6. The Hall–Kier alpha value is -2.41. The van der Waals surface area contributed by atoms with Gasteiger partial charge in [-0.1, -0.05) is 12.1 Å². The van der Waals surface area contributed by atoms with Crippen LogP contribution in [0.25, 0.3) is 0 Å². The van der Waals surface area contributed by atoms with Crippen LogP contribution in [0, 0.1) is 0 Å². The molecule has 0 aliphatic heterocycles. The molecule has 0 unspecified atom stereocenters. The van der Waals surface area contributed by atoms with Crippen molar-refractivity contribution in [1.82, 2.24) is 15.2 Å². The lowest BCUT2D eigenvalue weighted by Crippen LogP contribution is -2.13. The van der Waals surface area contributed by atoms with Crippen molar-refractivity contribution in [2.45, 2.75) is 6.42 Å². The third-order valence-corrected chi connectivity index (χ3v) is 3.00. The van der Waals surface area contributed by atoms with Gasteiger partial charge in [0.1, 0.15) is 5.75 Å². The van der Waals surface area contributed by atoms with Crippen LogP contribution < -0.4 is 15.4 Å². The number of ether oxygens (including phenoxy) is 2. The average molecular weight is 303 g/mol. The summed E-state index contributed by atoms with van der Waals surface area (Å²) in [6, 6.07) is 8.01. The lowest BCUT2D eigenvalue weighted by Gasteiger charge is -2.08. The monoisotopic (exact) mass is 303 g/mol. The molecule has 0 saturated carbocycles. The van der Waals surface area contributed by atoms with Crippen molar-refractivity contribution in [3.63, 3.8) is 0 Å². The van der Waals surface area contributed by atoms with Crippen LogP contribution >= 0.6 is 0 Å². The molecule has 0 atom stereocenters. The Bertz CT molecular complexity index is 579. The minimum atomic E-state index is 0.489. The van der Waals surface area contributed by atoms with Gasteiger partial charge in [0.05, 0.1) is 19.9 Å². The molecule has 1 aromatic heterocycles. The van der Waals surface area contributed by atoms with Gasteiger partial charge < -0.3 is 20.1 Å². The normalized spacial score (nSPS) is 10.3. The third kappa shape index (κ3) is 5.17. The first kappa shape index (κ1) is 16.0. The highest BCUT2D eigenvalue weighted by Gasteiger charge is 2.01. The Morgan fingerprint density at radius 3 is 2.86 bits per heavy atom. The number of rotatable bonds is 9. The lowest BCUT2D eigenvalue weighted by molar-refractivity contribution is 0.210. The van der Waals surface area contributed by atoms with E-state index in [9.17, 15) is 0 Å². The fraction of sp³-hybridized carbons (Fsp3) is 0.400. The van der Waals surface area contributed by atoms with Crippen LogP contribution in [0.5, 0.6) is 5.75 Å². The highest BCUT2D eigenvalue weighted by molar-refractivity contribution is 5.37. The maximum absolute atomic E-state index is 5.21. The SMILES string of the molecule is COCCNc1nncc(NCCc2cccc(OC)c2)n1. The van der Waals surface area contributed by atoms with Crippen LogP contribution in [0.15, 0.2) is 30.5 Å². The second-order valence-electron chi connectivity index (χ2n) is 4.61. The Balaban J connectivity index is 1.82. The van der Waals surface area contributed by atoms with E-state index in [1.807, 2.05) is 18.2 Å². The molecule has 22 heavy (non-hydrogen) atoms. The van der Waals surface area contributed by atoms with Gasteiger partial charge in [-0.15, -0.1) is 5.10 Å². The number of methoxy groups -OCH3 is 2. The third-order valence-electron chi connectivity index (χ3n) is 3.00. The minimum Gasteiger partial charge on any atom is -0.497 e.